The van der Waals surface area contributed by atoms with Crippen LogP contribution in [0.2, 0.25) is 5.02 Å². The Morgan fingerprint density at radius 1 is 1.28 bits per heavy atom. The minimum Gasteiger partial charge on any atom is -0.262 e. The second-order valence-corrected chi connectivity index (χ2v) is 9.32. The first-order chi connectivity index (χ1) is 11.8. The molecule has 5 nitrogen and oxygen atoms in total. The molecule has 0 bridgehead atoms. The second-order valence-electron chi connectivity index (χ2n) is 6.89. The van der Waals surface area contributed by atoms with Crippen molar-refractivity contribution in [1.82, 2.24) is 19.5 Å². The molecular weight excluding hydrogens is 356 g/mol. The van der Waals surface area contributed by atoms with Crippen LogP contribution in [0.5, 0.6) is 0 Å². The predicted octanol–water partition coefficient (Wildman–Crippen LogP) is 4.19. The largest absolute Gasteiger partial charge is 0.262 e. The first-order valence-electron chi connectivity index (χ1n) is 8.04. The molecule has 0 fully saturated rings. The van der Waals surface area contributed by atoms with E-state index in [0.717, 1.165) is 22.3 Å². The minimum absolute atomic E-state index is 0.179. The van der Waals surface area contributed by atoms with E-state index in [-0.39, 0.29) is 10.8 Å². The van der Waals surface area contributed by atoms with Crippen LogP contribution < -0.4 is 4.72 Å². The lowest BCUT2D eigenvalue weighted by Gasteiger charge is -2.21. The number of nitrogens with zero attached hydrogens (tertiary/aromatic N) is 3. The molecule has 2 atom stereocenters. The van der Waals surface area contributed by atoms with Crippen LogP contribution in [0, 0.1) is 0 Å². The van der Waals surface area contributed by atoms with Gasteiger partial charge in [0.2, 0.25) is 0 Å². The van der Waals surface area contributed by atoms with Gasteiger partial charge in [-0.05, 0) is 58.0 Å². The summed E-state index contributed by atoms with van der Waals surface area (Å²) in [6.07, 6.45) is 3.47. The fourth-order valence-corrected chi connectivity index (χ4v) is 3.45. The summed E-state index contributed by atoms with van der Waals surface area (Å²) in [7, 11) is -1.19. The van der Waals surface area contributed by atoms with Gasteiger partial charge in [-0.15, -0.1) is 0 Å². The van der Waals surface area contributed by atoms with Crippen molar-refractivity contribution >= 4 is 33.5 Å². The maximum Gasteiger partial charge on any atom is 0.0976 e. The van der Waals surface area contributed by atoms with Crippen LogP contribution in [-0.4, -0.2) is 23.7 Å². The van der Waals surface area contributed by atoms with Crippen LogP contribution in [0.15, 0.2) is 42.7 Å². The highest BCUT2D eigenvalue weighted by Crippen LogP contribution is 2.29. The number of hydrogen-bond acceptors (Lipinski definition) is 3. The third kappa shape index (κ3) is 3.76. The number of aromatic nitrogens is 3. The number of benzene rings is 1. The van der Waals surface area contributed by atoms with E-state index in [4.69, 9.17) is 16.7 Å². The smallest absolute Gasteiger partial charge is 0.0976 e. The molecule has 132 valence electrons. The van der Waals surface area contributed by atoms with Crippen LogP contribution in [-0.2, 0) is 11.0 Å². The summed E-state index contributed by atoms with van der Waals surface area (Å²) < 4.78 is 17.1. The molecule has 0 amide bonds. The van der Waals surface area contributed by atoms with E-state index in [0.29, 0.717) is 5.02 Å². The van der Waals surface area contributed by atoms with E-state index >= 15 is 0 Å². The molecule has 0 aliphatic heterocycles. The molecule has 7 heteroatoms. The van der Waals surface area contributed by atoms with Crippen LogP contribution in [0.1, 0.15) is 39.4 Å². The molecule has 1 N–H and O–H groups in total. The van der Waals surface area contributed by atoms with Crippen molar-refractivity contribution in [3.05, 3.63) is 53.4 Å². The minimum atomic E-state index is -1.19. The number of hydrogen-bond donors (Lipinski definition) is 1. The van der Waals surface area contributed by atoms with Crippen LogP contribution in [0.25, 0.3) is 16.6 Å². The summed E-state index contributed by atoms with van der Waals surface area (Å²) in [5, 5.41) is 6.37. The number of nitrogens with one attached hydrogen (secondary N) is 1. The van der Waals surface area contributed by atoms with Crippen LogP contribution in [0.4, 0.5) is 0 Å². The van der Waals surface area contributed by atoms with Crippen molar-refractivity contribution in [3.8, 4) is 5.69 Å². The zero-order valence-electron chi connectivity index (χ0n) is 14.7. The van der Waals surface area contributed by atoms with Gasteiger partial charge in [-0.2, -0.15) is 5.10 Å². The van der Waals surface area contributed by atoms with Crippen LogP contribution >= 0.6 is 11.6 Å². The molecule has 0 aliphatic rings. The topological polar surface area (TPSA) is 59.8 Å². The summed E-state index contributed by atoms with van der Waals surface area (Å²) in [5.74, 6) is 0. The van der Waals surface area contributed by atoms with Gasteiger partial charge in [0.25, 0.3) is 0 Å². The van der Waals surface area contributed by atoms with E-state index in [9.17, 15) is 4.21 Å². The number of halogens is 1. The Bertz CT molecular complexity index is 918. The third-order valence-electron chi connectivity index (χ3n) is 3.81. The quantitative estimate of drug-likeness (QED) is 0.742. The average molecular weight is 377 g/mol. The third-order valence-corrected chi connectivity index (χ3v) is 5.73. The first-order valence-corrected chi connectivity index (χ1v) is 9.57. The van der Waals surface area contributed by atoms with E-state index < -0.39 is 11.0 Å². The summed E-state index contributed by atoms with van der Waals surface area (Å²) in [6.45, 7) is 7.78. The van der Waals surface area contributed by atoms with E-state index in [1.54, 1.807) is 12.4 Å². The van der Waals surface area contributed by atoms with Crippen molar-refractivity contribution in [2.75, 3.05) is 0 Å². The molecule has 0 aliphatic carbocycles. The zero-order chi connectivity index (χ0) is 18.2. The lowest BCUT2D eigenvalue weighted by Crippen LogP contribution is -2.35. The van der Waals surface area contributed by atoms with Gasteiger partial charge in [0.05, 0.1) is 44.9 Å². The Kier molecular flexibility index (Phi) is 4.95. The van der Waals surface area contributed by atoms with Crippen molar-refractivity contribution < 1.29 is 4.21 Å². The highest BCUT2D eigenvalue weighted by atomic mass is 35.5. The molecule has 0 saturated carbocycles. The molecule has 0 unspecified atom stereocenters. The standard InChI is InChI=1S/C18H21ClN4OS/c1-12(22-25(24)18(2,3)4)17-15-8-7-13(19)10-16(15)23(21-17)14-6-5-9-20-11-14/h5-12,22H,1-4H3/t12-,25+/m0/s1. The normalized spacial score (nSPS) is 14.6. The fraction of sp³-hybridized carbons (Fsp3) is 0.333. The molecule has 25 heavy (non-hydrogen) atoms. The molecule has 3 rings (SSSR count). The molecule has 3 aromatic rings. The van der Waals surface area contributed by atoms with Gasteiger partial charge >= 0.3 is 0 Å². The molecule has 2 heterocycles. The molecule has 0 spiro atoms. The van der Waals surface area contributed by atoms with Crippen molar-refractivity contribution in [2.24, 2.45) is 0 Å². The monoisotopic (exact) mass is 376 g/mol. The summed E-state index contributed by atoms with van der Waals surface area (Å²) in [4.78, 5) is 4.17. The molecule has 1 aromatic carbocycles. The van der Waals surface area contributed by atoms with Gasteiger partial charge in [0, 0.05) is 16.6 Å². The van der Waals surface area contributed by atoms with E-state index in [2.05, 4.69) is 9.71 Å². The van der Waals surface area contributed by atoms with Crippen LogP contribution in [0.3, 0.4) is 0 Å². The molecule has 2 aromatic heterocycles. The van der Waals surface area contributed by atoms with E-state index in [1.165, 1.54) is 0 Å². The average Bonchev–Trinajstić information content (AvgIpc) is 2.93. The van der Waals surface area contributed by atoms with Gasteiger partial charge in [-0.3, -0.25) is 4.98 Å². The first kappa shape index (κ1) is 18.0. The maximum absolute atomic E-state index is 12.4. The summed E-state index contributed by atoms with van der Waals surface area (Å²) in [5.41, 5.74) is 2.57. The highest BCUT2D eigenvalue weighted by molar-refractivity contribution is 7.84. The Labute approximate surface area is 155 Å². The Balaban J connectivity index is 2.09. The van der Waals surface area contributed by atoms with Gasteiger partial charge < -0.3 is 0 Å². The SMILES string of the molecule is C[C@H](N[S@](=O)C(C)(C)C)c1nn(-c2cccnc2)c2cc(Cl)ccc12. The molecule has 0 radical (unpaired) electrons. The second kappa shape index (κ2) is 6.86. The lowest BCUT2D eigenvalue weighted by atomic mass is 10.1. The fourth-order valence-electron chi connectivity index (χ4n) is 2.50. The predicted molar refractivity (Wildman–Crippen MR) is 103 cm³/mol. The highest BCUT2D eigenvalue weighted by Gasteiger charge is 2.24. The molecule has 0 saturated heterocycles. The van der Waals surface area contributed by atoms with Crippen molar-refractivity contribution in [3.63, 3.8) is 0 Å². The Morgan fingerprint density at radius 3 is 2.68 bits per heavy atom. The zero-order valence-corrected chi connectivity index (χ0v) is 16.2. The van der Waals surface area contributed by atoms with Gasteiger partial charge in [0.15, 0.2) is 0 Å². The van der Waals surface area contributed by atoms with E-state index in [1.807, 2.05) is 62.7 Å². The molecular formula is C18H21ClN4OS. The Hall–Kier alpha value is -1.76. The Morgan fingerprint density at radius 2 is 2.04 bits per heavy atom. The van der Waals surface area contributed by atoms with Crippen molar-refractivity contribution in [2.45, 2.75) is 38.5 Å². The van der Waals surface area contributed by atoms with Gasteiger partial charge in [0.1, 0.15) is 0 Å². The number of fused-ring (bicyclic) bond motifs is 1. The van der Waals surface area contributed by atoms with Gasteiger partial charge in [-0.1, -0.05) is 11.6 Å². The van der Waals surface area contributed by atoms with Crippen molar-refractivity contribution in [1.29, 1.82) is 0 Å². The maximum atomic E-state index is 12.4. The van der Waals surface area contributed by atoms with Gasteiger partial charge in [-0.25, -0.2) is 13.6 Å². The number of pyridine rings is 1. The number of rotatable bonds is 4. The lowest BCUT2D eigenvalue weighted by molar-refractivity contribution is 0.610. The summed E-state index contributed by atoms with van der Waals surface area (Å²) in [6, 6.07) is 9.30. The summed E-state index contributed by atoms with van der Waals surface area (Å²) >= 11 is 6.19.